The van der Waals surface area contributed by atoms with E-state index in [1.165, 1.54) is 5.12 Å². The lowest BCUT2D eigenvalue weighted by Gasteiger charge is -2.28. The van der Waals surface area contributed by atoms with Crippen molar-refractivity contribution in [3.8, 4) is 5.75 Å². The van der Waals surface area contributed by atoms with Crippen LogP contribution in [0.2, 0.25) is 0 Å². The molecule has 5 heteroatoms. The van der Waals surface area contributed by atoms with Gasteiger partial charge in [-0.2, -0.15) is 10.2 Å². The quantitative estimate of drug-likeness (QED) is 0.344. The highest BCUT2D eigenvalue weighted by Gasteiger charge is 2.23. The summed E-state index contributed by atoms with van der Waals surface area (Å²) >= 11 is 0. The average molecular weight is 439 g/mol. The SMILES string of the molecule is C=NN(NC1=CC(=Nc2cccc3ccccc23)C=CC1)c1cc(C)cc(C(C)(C)C)c1O. The number of nitrogens with zero attached hydrogens (tertiary/aromatic N) is 3. The summed E-state index contributed by atoms with van der Waals surface area (Å²) in [6.45, 7) is 12.0. The summed E-state index contributed by atoms with van der Waals surface area (Å²) in [5.74, 6) is 0.199. The van der Waals surface area contributed by atoms with Gasteiger partial charge in [0.15, 0.2) is 0 Å². The molecule has 5 nitrogen and oxygen atoms in total. The first-order valence-corrected chi connectivity index (χ1v) is 11.1. The zero-order chi connectivity index (χ0) is 23.6. The van der Waals surface area contributed by atoms with Crippen molar-refractivity contribution >= 4 is 34.6 Å². The van der Waals surface area contributed by atoms with Crippen molar-refractivity contribution in [2.45, 2.75) is 39.5 Å². The molecule has 0 aliphatic heterocycles. The maximum Gasteiger partial charge on any atom is 0.146 e. The third-order valence-corrected chi connectivity index (χ3v) is 5.63. The number of fused-ring (bicyclic) bond motifs is 1. The molecule has 0 fully saturated rings. The van der Waals surface area contributed by atoms with Crippen LogP contribution in [0.25, 0.3) is 10.8 Å². The van der Waals surface area contributed by atoms with E-state index in [9.17, 15) is 5.11 Å². The lowest BCUT2D eigenvalue weighted by atomic mass is 9.85. The number of hydrazone groups is 1. The predicted molar refractivity (Wildman–Crippen MR) is 140 cm³/mol. The minimum atomic E-state index is -0.206. The van der Waals surface area contributed by atoms with E-state index in [-0.39, 0.29) is 11.2 Å². The van der Waals surface area contributed by atoms with Crippen molar-refractivity contribution in [3.63, 3.8) is 0 Å². The number of aliphatic imine (C=N–C) groups is 1. The minimum absolute atomic E-state index is 0.199. The second kappa shape index (κ2) is 8.94. The van der Waals surface area contributed by atoms with Gasteiger partial charge in [-0.1, -0.05) is 69.3 Å². The van der Waals surface area contributed by atoms with E-state index in [0.717, 1.165) is 39.0 Å². The second-order valence-corrected chi connectivity index (χ2v) is 9.31. The summed E-state index contributed by atoms with van der Waals surface area (Å²) in [5, 5.41) is 18.9. The zero-order valence-electron chi connectivity index (χ0n) is 19.6. The normalized spacial score (nSPS) is 14.9. The highest BCUT2D eigenvalue weighted by atomic mass is 16.3. The number of aromatic hydroxyl groups is 1. The van der Waals surface area contributed by atoms with Crippen LogP contribution in [-0.4, -0.2) is 17.5 Å². The standard InChI is InChI=1S/C28H30N4O/c1-19-16-24(28(2,3)4)27(33)26(17-19)32(29-5)31-22-13-9-12-21(18-22)30-25-15-8-11-20-10-6-7-14-23(20)25/h6-12,14-18,31,33H,5,13H2,1-4H3. The van der Waals surface area contributed by atoms with Crippen molar-refractivity contribution in [2.75, 3.05) is 5.12 Å². The molecule has 0 heterocycles. The van der Waals surface area contributed by atoms with Crippen LogP contribution >= 0.6 is 0 Å². The molecule has 0 aromatic heterocycles. The fourth-order valence-corrected chi connectivity index (χ4v) is 3.99. The largest absolute Gasteiger partial charge is 0.505 e. The van der Waals surface area contributed by atoms with Gasteiger partial charge in [0.05, 0.1) is 11.4 Å². The summed E-state index contributed by atoms with van der Waals surface area (Å²) in [4.78, 5) is 4.88. The Kier molecular flexibility index (Phi) is 6.05. The van der Waals surface area contributed by atoms with E-state index in [1.54, 1.807) is 0 Å². The van der Waals surface area contributed by atoms with E-state index in [1.807, 2.05) is 55.5 Å². The molecule has 2 N–H and O–H groups in total. The molecule has 1 aliphatic carbocycles. The maximum absolute atomic E-state index is 11.0. The van der Waals surface area contributed by atoms with Gasteiger partial charge >= 0.3 is 0 Å². The van der Waals surface area contributed by atoms with Crippen molar-refractivity contribution in [1.29, 1.82) is 0 Å². The molecule has 4 rings (SSSR count). The monoisotopic (exact) mass is 438 g/mol. The summed E-state index contributed by atoms with van der Waals surface area (Å²) in [6, 6.07) is 18.3. The van der Waals surface area contributed by atoms with Gasteiger partial charge in [-0.3, -0.25) is 5.43 Å². The first kappa shape index (κ1) is 22.3. The van der Waals surface area contributed by atoms with E-state index in [0.29, 0.717) is 12.1 Å². The lowest BCUT2D eigenvalue weighted by Crippen LogP contribution is -2.33. The van der Waals surface area contributed by atoms with E-state index >= 15 is 0 Å². The van der Waals surface area contributed by atoms with Gasteiger partial charge in [0.1, 0.15) is 11.4 Å². The Bertz CT molecular complexity index is 1290. The predicted octanol–water partition coefficient (Wildman–Crippen LogP) is 6.69. The topological polar surface area (TPSA) is 60.2 Å². The molecule has 1 aliphatic rings. The van der Waals surface area contributed by atoms with Gasteiger partial charge in [-0.25, -0.2) is 4.99 Å². The number of aryl methyl sites for hydroxylation is 1. The Morgan fingerprint density at radius 2 is 1.82 bits per heavy atom. The summed E-state index contributed by atoms with van der Waals surface area (Å²) in [5.41, 5.74) is 8.23. The summed E-state index contributed by atoms with van der Waals surface area (Å²) < 4.78 is 0. The molecule has 0 unspecified atom stereocenters. The molecule has 3 aromatic rings. The third kappa shape index (κ3) is 4.82. The number of rotatable bonds is 5. The number of phenols is 1. The van der Waals surface area contributed by atoms with Crippen LogP contribution < -0.4 is 10.5 Å². The van der Waals surface area contributed by atoms with Gasteiger partial charge in [0.2, 0.25) is 0 Å². The van der Waals surface area contributed by atoms with Crippen LogP contribution in [0.5, 0.6) is 5.75 Å². The molecule has 0 saturated carbocycles. The van der Waals surface area contributed by atoms with Crippen LogP contribution in [0.15, 0.2) is 88.6 Å². The molecule has 0 atom stereocenters. The molecule has 33 heavy (non-hydrogen) atoms. The zero-order valence-corrected chi connectivity index (χ0v) is 19.6. The summed E-state index contributed by atoms with van der Waals surface area (Å²) in [6.07, 6.45) is 6.77. The Balaban J connectivity index is 1.66. The first-order chi connectivity index (χ1) is 15.8. The number of hydrogen-bond acceptors (Lipinski definition) is 5. The smallest absolute Gasteiger partial charge is 0.146 e. The first-order valence-electron chi connectivity index (χ1n) is 11.1. The van der Waals surface area contributed by atoms with Crippen LogP contribution in [0.3, 0.4) is 0 Å². The molecular formula is C28H30N4O. The molecule has 0 spiro atoms. The van der Waals surface area contributed by atoms with Gasteiger partial charge in [-0.15, -0.1) is 0 Å². The van der Waals surface area contributed by atoms with E-state index in [4.69, 9.17) is 4.99 Å². The Labute approximate surface area is 195 Å². The minimum Gasteiger partial charge on any atom is -0.505 e. The van der Waals surface area contributed by atoms with Crippen LogP contribution in [0.4, 0.5) is 11.4 Å². The van der Waals surface area contributed by atoms with Gasteiger partial charge < -0.3 is 5.11 Å². The number of nitrogens with one attached hydrogen (secondary N) is 1. The average Bonchev–Trinajstić information content (AvgIpc) is 2.79. The van der Waals surface area contributed by atoms with Crippen molar-refractivity contribution in [3.05, 3.63) is 89.6 Å². The van der Waals surface area contributed by atoms with Gasteiger partial charge in [-0.05, 0) is 47.6 Å². The van der Waals surface area contributed by atoms with Crippen LogP contribution in [-0.2, 0) is 5.41 Å². The fraction of sp³-hybridized carbons (Fsp3) is 0.214. The Morgan fingerprint density at radius 3 is 2.58 bits per heavy atom. The Hall–Kier alpha value is -3.86. The number of allylic oxidation sites excluding steroid dienone is 3. The fourth-order valence-electron chi connectivity index (χ4n) is 3.99. The highest BCUT2D eigenvalue weighted by Crippen LogP contribution is 2.39. The van der Waals surface area contributed by atoms with Crippen molar-refractivity contribution in [2.24, 2.45) is 10.1 Å². The molecule has 3 aromatic carbocycles. The highest BCUT2D eigenvalue weighted by molar-refractivity contribution is 6.08. The Morgan fingerprint density at radius 1 is 1.06 bits per heavy atom. The second-order valence-electron chi connectivity index (χ2n) is 9.31. The van der Waals surface area contributed by atoms with E-state index in [2.05, 4.69) is 62.3 Å². The third-order valence-electron chi connectivity index (χ3n) is 5.63. The molecule has 168 valence electrons. The molecule has 0 amide bonds. The molecular weight excluding hydrogens is 408 g/mol. The van der Waals surface area contributed by atoms with Crippen LogP contribution in [0, 0.1) is 6.92 Å². The number of phenolic OH excluding ortho intramolecular Hbond substituents is 1. The van der Waals surface area contributed by atoms with E-state index < -0.39 is 0 Å². The number of benzene rings is 3. The number of hydrazine groups is 1. The van der Waals surface area contributed by atoms with Crippen LogP contribution in [0.1, 0.15) is 38.3 Å². The lowest BCUT2D eigenvalue weighted by molar-refractivity contribution is 0.444. The summed E-state index contributed by atoms with van der Waals surface area (Å²) in [7, 11) is 0. The number of hydrogen-bond donors (Lipinski definition) is 2. The molecule has 0 saturated heterocycles. The molecule has 0 radical (unpaired) electrons. The van der Waals surface area contributed by atoms with Gasteiger partial charge in [0.25, 0.3) is 0 Å². The van der Waals surface area contributed by atoms with Gasteiger partial charge in [0, 0.05) is 29.8 Å². The van der Waals surface area contributed by atoms with Crippen molar-refractivity contribution in [1.82, 2.24) is 5.43 Å². The maximum atomic E-state index is 11.0. The van der Waals surface area contributed by atoms with Crippen molar-refractivity contribution < 1.29 is 5.11 Å². The molecule has 0 bridgehead atoms. The number of anilines is 1.